The highest BCUT2D eigenvalue weighted by Gasteiger charge is 2.41. The van der Waals surface area contributed by atoms with Crippen molar-refractivity contribution in [1.82, 2.24) is 0 Å². The van der Waals surface area contributed by atoms with Crippen molar-refractivity contribution in [2.45, 2.75) is 25.8 Å². The molecule has 5 nitrogen and oxygen atoms in total. The Kier molecular flexibility index (Phi) is 4.91. The van der Waals surface area contributed by atoms with Gasteiger partial charge in [0.25, 0.3) is 0 Å². The van der Waals surface area contributed by atoms with Crippen molar-refractivity contribution in [2.24, 2.45) is 0 Å². The van der Waals surface area contributed by atoms with E-state index in [0.29, 0.717) is 12.2 Å². The molecule has 0 bridgehead atoms. The summed E-state index contributed by atoms with van der Waals surface area (Å²) < 4.78 is 17.5. The van der Waals surface area contributed by atoms with Crippen molar-refractivity contribution >= 4 is 5.78 Å². The molecule has 1 aromatic rings. The number of quaternary nitrogens is 1. The minimum absolute atomic E-state index is 0. The molecule has 0 amide bonds. The Labute approximate surface area is 148 Å². The van der Waals surface area contributed by atoms with E-state index in [1.54, 1.807) is 14.0 Å². The molecular weight excluding hydrogens is 397 g/mol. The van der Waals surface area contributed by atoms with Gasteiger partial charge in [0.05, 0.1) is 39.7 Å². The minimum atomic E-state index is 0. The Morgan fingerprint density at radius 1 is 1.41 bits per heavy atom. The van der Waals surface area contributed by atoms with Crippen LogP contribution in [0.15, 0.2) is 6.07 Å². The molecule has 2 aliphatic heterocycles. The largest absolute Gasteiger partial charge is 1.00 e. The number of halogens is 1. The van der Waals surface area contributed by atoms with Crippen molar-refractivity contribution in [3.8, 4) is 17.2 Å². The predicted octanol–water partition coefficient (Wildman–Crippen LogP) is -0.919. The lowest BCUT2D eigenvalue weighted by Crippen LogP contribution is -3.00. The third-order valence-electron chi connectivity index (χ3n) is 4.56. The zero-order valence-electron chi connectivity index (χ0n) is 13.4. The van der Waals surface area contributed by atoms with Crippen LogP contribution in [0.3, 0.4) is 0 Å². The molecule has 1 atom stereocenters. The van der Waals surface area contributed by atoms with Crippen LogP contribution in [0, 0.1) is 0 Å². The van der Waals surface area contributed by atoms with Gasteiger partial charge in [-0.1, -0.05) is 0 Å². The highest BCUT2D eigenvalue weighted by Crippen LogP contribution is 2.51. The van der Waals surface area contributed by atoms with E-state index in [1.807, 2.05) is 6.07 Å². The summed E-state index contributed by atoms with van der Waals surface area (Å²) in [6.07, 6.45) is 1.46. The number of methoxy groups -OCH3 is 1. The van der Waals surface area contributed by atoms with E-state index in [1.165, 1.54) is 5.56 Å². The third-order valence-corrected chi connectivity index (χ3v) is 4.56. The van der Waals surface area contributed by atoms with Crippen LogP contribution < -0.4 is 38.2 Å². The van der Waals surface area contributed by atoms with Gasteiger partial charge in [-0.2, -0.15) is 0 Å². The summed E-state index contributed by atoms with van der Waals surface area (Å²) in [5, 5.41) is 0. The maximum Gasteiger partial charge on any atom is 0.231 e. The summed E-state index contributed by atoms with van der Waals surface area (Å²) in [5.41, 5.74) is 2.31. The van der Waals surface area contributed by atoms with Crippen LogP contribution in [0.1, 0.15) is 30.5 Å². The van der Waals surface area contributed by atoms with Crippen LogP contribution in [0.25, 0.3) is 0 Å². The fourth-order valence-electron chi connectivity index (χ4n) is 3.39. The van der Waals surface area contributed by atoms with E-state index < -0.39 is 0 Å². The molecule has 0 aliphatic carbocycles. The maximum absolute atomic E-state index is 11.7. The number of fused-ring (bicyclic) bond motifs is 2. The van der Waals surface area contributed by atoms with E-state index in [4.69, 9.17) is 14.2 Å². The van der Waals surface area contributed by atoms with E-state index in [9.17, 15) is 4.79 Å². The number of rotatable bonds is 3. The molecule has 0 spiro atoms. The van der Waals surface area contributed by atoms with Gasteiger partial charge in [0.2, 0.25) is 12.5 Å². The van der Waals surface area contributed by atoms with Gasteiger partial charge in [-0.25, -0.2) is 0 Å². The number of likely N-dealkylation sites (N-methyl/N-ethyl adjacent to an activating group) is 1. The lowest BCUT2D eigenvalue weighted by atomic mass is 9.87. The monoisotopic (exact) mass is 419 g/mol. The molecule has 1 unspecified atom stereocenters. The second-order valence-electron chi connectivity index (χ2n) is 6.39. The van der Waals surface area contributed by atoms with Gasteiger partial charge in [0, 0.05) is 6.42 Å². The van der Waals surface area contributed by atoms with Gasteiger partial charge in [-0.15, -0.1) is 0 Å². The zero-order valence-corrected chi connectivity index (χ0v) is 15.6. The van der Waals surface area contributed by atoms with Gasteiger partial charge in [0.15, 0.2) is 11.5 Å². The van der Waals surface area contributed by atoms with Crippen LogP contribution in [0.2, 0.25) is 0 Å². The summed E-state index contributed by atoms with van der Waals surface area (Å²) in [6.45, 7) is 2.87. The Morgan fingerprint density at radius 2 is 2.14 bits per heavy atom. The predicted molar refractivity (Wildman–Crippen MR) is 77.8 cm³/mol. The van der Waals surface area contributed by atoms with Crippen LogP contribution in [-0.4, -0.2) is 44.8 Å². The fourth-order valence-corrected chi connectivity index (χ4v) is 3.39. The molecular formula is C16H22INO4. The highest BCUT2D eigenvalue weighted by molar-refractivity contribution is 5.77. The average Bonchev–Trinajstić information content (AvgIpc) is 2.87. The molecule has 0 radical (unpaired) electrons. The molecule has 3 rings (SSSR count). The quantitative estimate of drug-likeness (QED) is 0.470. The number of hydrogen-bond donors (Lipinski definition) is 0. The topological polar surface area (TPSA) is 44.8 Å². The lowest BCUT2D eigenvalue weighted by molar-refractivity contribution is -0.922. The molecule has 6 heteroatoms. The number of hydrogen-bond acceptors (Lipinski definition) is 4. The number of carbonyl (C=O) groups excluding carboxylic acids is 1. The average molecular weight is 419 g/mol. The van der Waals surface area contributed by atoms with Gasteiger partial charge in [-0.05, 0) is 18.6 Å². The first-order chi connectivity index (χ1) is 9.94. The van der Waals surface area contributed by atoms with Crippen LogP contribution in [0.5, 0.6) is 17.2 Å². The molecule has 122 valence electrons. The molecule has 1 aromatic carbocycles. The second-order valence-corrected chi connectivity index (χ2v) is 6.39. The Morgan fingerprint density at radius 3 is 2.77 bits per heavy atom. The van der Waals surface area contributed by atoms with E-state index >= 15 is 0 Å². The molecule has 0 aromatic heterocycles. The van der Waals surface area contributed by atoms with Crippen molar-refractivity contribution < 1.29 is 47.5 Å². The number of benzene rings is 1. The SMILES string of the molecule is COc1c2c(cc3c1C(CC(C)=O)[N+](C)(C)CC3)OCO2.[I-]. The number of ether oxygens (including phenoxy) is 3. The van der Waals surface area contributed by atoms with Crippen molar-refractivity contribution in [3.05, 3.63) is 17.2 Å². The molecule has 0 N–H and O–H groups in total. The highest BCUT2D eigenvalue weighted by atomic mass is 127. The Balaban J connectivity index is 0.00000176. The molecule has 2 heterocycles. The summed E-state index contributed by atoms with van der Waals surface area (Å²) in [4.78, 5) is 11.7. The lowest BCUT2D eigenvalue weighted by Gasteiger charge is -2.43. The number of ketones is 1. The number of nitrogens with zero attached hydrogens (tertiary/aromatic N) is 1. The van der Waals surface area contributed by atoms with E-state index in [0.717, 1.165) is 34.5 Å². The molecule has 0 fully saturated rings. The number of Topliss-reactive ketones (excluding diaryl/α,β-unsaturated/α-hetero) is 1. The Hall–Kier alpha value is -1.02. The zero-order chi connectivity index (χ0) is 15.2. The molecule has 0 saturated heterocycles. The van der Waals surface area contributed by atoms with Crippen LogP contribution in [-0.2, 0) is 11.2 Å². The first-order valence-corrected chi connectivity index (χ1v) is 7.25. The van der Waals surface area contributed by atoms with E-state index in [-0.39, 0.29) is 42.6 Å². The van der Waals surface area contributed by atoms with Gasteiger partial charge in [0.1, 0.15) is 11.8 Å². The minimum Gasteiger partial charge on any atom is -1.00 e. The Bertz CT molecular complexity index is 600. The van der Waals surface area contributed by atoms with Crippen molar-refractivity contribution in [2.75, 3.05) is 34.5 Å². The normalized spacial score (nSPS) is 20.8. The molecule has 22 heavy (non-hydrogen) atoms. The van der Waals surface area contributed by atoms with Crippen LogP contribution >= 0.6 is 0 Å². The van der Waals surface area contributed by atoms with Crippen molar-refractivity contribution in [1.29, 1.82) is 0 Å². The number of carbonyl (C=O) groups is 1. The second kappa shape index (κ2) is 6.23. The van der Waals surface area contributed by atoms with Gasteiger partial charge in [-0.3, -0.25) is 4.79 Å². The van der Waals surface area contributed by atoms with Crippen LogP contribution in [0.4, 0.5) is 0 Å². The van der Waals surface area contributed by atoms with Crippen molar-refractivity contribution in [3.63, 3.8) is 0 Å². The first kappa shape index (κ1) is 17.3. The maximum atomic E-state index is 11.7. The van der Waals surface area contributed by atoms with Gasteiger partial charge < -0.3 is 42.7 Å². The standard InChI is InChI=1S/C16H22NO4.HI/c1-10(18)7-12-14-11(5-6-17(12,2)3)8-13-15(16(14)19-4)21-9-20-13;/h8,12H,5-7,9H2,1-4H3;1H/q+1;/p-1. The summed E-state index contributed by atoms with van der Waals surface area (Å²) >= 11 is 0. The smallest absolute Gasteiger partial charge is 0.231 e. The fraction of sp³-hybridized carbons (Fsp3) is 0.562. The summed E-state index contributed by atoms with van der Waals surface area (Å²) in [5.74, 6) is 2.35. The van der Waals surface area contributed by atoms with Gasteiger partial charge >= 0.3 is 0 Å². The summed E-state index contributed by atoms with van der Waals surface area (Å²) in [7, 11) is 5.98. The molecule has 0 saturated carbocycles. The molecule has 2 aliphatic rings. The first-order valence-electron chi connectivity index (χ1n) is 7.25. The summed E-state index contributed by atoms with van der Waals surface area (Å²) in [6, 6.07) is 2.14. The van der Waals surface area contributed by atoms with E-state index in [2.05, 4.69) is 14.1 Å². The third kappa shape index (κ3) is 2.78.